The van der Waals surface area contributed by atoms with E-state index in [1.165, 1.54) is 7.11 Å². The van der Waals surface area contributed by atoms with Crippen LogP contribution in [-0.2, 0) is 19.1 Å². The van der Waals surface area contributed by atoms with E-state index in [1.54, 1.807) is 31.2 Å². The van der Waals surface area contributed by atoms with Crippen LogP contribution in [0.15, 0.2) is 30.0 Å². The zero-order valence-corrected chi connectivity index (χ0v) is 13.0. The third-order valence-electron chi connectivity index (χ3n) is 2.67. The molecule has 8 heteroatoms. The average molecular weight is 323 g/mol. The first kappa shape index (κ1) is 18.1. The molecule has 1 aromatic rings. The molecule has 23 heavy (non-hydrogen) atoms. The highest BCUT2D eigenvalue weighted by molar-refractivity contribution is 5.82. The maximum atomic E-state index is 11.9. The SMILES string of the molecule is CCOC(=O)C(OC(C)=O)/C(=C/c1cccc(OC)c1)[N+](=O)[O-]. The molecule has 1 unspecified atom stereocenters. The van der Waals surface area contributed by atoms with Crippen molar-refractivity contribution in [3.63, 3.8) is 0 Å². The van der Waals surface area contributed by atoms with Gasteiger partial charge in [-0.3, -0.25) is 14.9 Å². The van der Waals surface area contributed by atoms with Gasteiger partial charge in [-0.25, -0.2) is 4.79 Å². The molecule has 0 radical (unpaired) electrons. The number of methoxy groups -OCH3 is 1. The maximum absolute atomic E-state index is 11.9. The summed E-state index contributed by atoms with van der Waals surface area (Å²) in [4.78, 5) is 33.5. The van der Waals surface area contributed by atoms with Gasteiger partial charge in [0.05, 0.1) is 18.6 Å². The van der Waals surface area contributed by atoms with Crippen LogP contribution in [0, 0.1) is 10.1 Å². The zero-order valence-electron chi connectivity index (χ0n) is 13.0. The Bertz CT molecular complexity index is 624. The molecule has 124 valence electrons. The molecular weight excluding hydrogens is 306 g/mol. The standard InChI is InChI=1S/C15H17NO7/c1-4-22-15(18)14(23-10(2)17)13(16(19)20)9-11-6-5-7-12(8-11)21-3/h5-9,14H,4H2,1-3H3/b13-9-. The molecule has 0 saturated heterocycles. The zero-order chi connectivity index (χ0) is 17.4. The topological polar surface area (TPSA) is 105 Å². The number of esters is 2. The molecule has 0 N–H and O–H groups in total. The van der Waals surface area contributed by atoms with Crippen LogP contribution in [0.25, 0.3) is 6.08 Å². The monoisotopic (exact) mass is 323 g/mol. The largest absolute Gasteiger partial charge is 0.497 e. The van der Waals surface area contributed by atoms with Gasteiger partial charge >= 0.3 is 11.9 Å². The summed E-state index contributed by atoms with van der Waals surface area (Å²) in [5.74, 6) is -1.35. The van der Waals surface area contributed by atoms with Crippen LogP contribution in [0.4, 0.5) is 0 Å². The number of ether oxygens (including phenoxy) is 3. The van der Waals surface area contributed by atoms with Crippen molar-refractivity contribution < 1.29 is 28.7 Å². The van der Waals surface area contributed by atoms with E-state index < -0.39 is 28.7 Å². The summed E-state index contributed by atoms with van der Waals surface area (Å²) >= 11 is 0. The Morgan fingerprint density at radius 2 is 2.09 bits per heavy atom. The fourth-order valence-corrected chi connectivity index (χ4v) is 1.74. The van der Waals surface area contributed by atoms with Crippen LogP contribution in [0.5, 0.6) is 5.75 Å². The lowest BCUT2D eigenvalue weighted by Gasteiger charge is -2.13. The Hall–Kier alpha value is -2.90. The van der Waals surface area contributed by atoms with E-state index in [-0.39, 0.29) is 6.61 Å². The predicted octanol–water partition coefficient (Wildman–Crippen LogP) is 1.81. The minimum absolute atomic E-state index is 0.000746. The maximum Gasteiger partial charge on any atom is 0.358 e. The quantitative estimate of drug-likeness (QED) is 0.428. The fourth-order valence-electron chi connectivity index (χ4n) is 1.74. The summed E-state index contributed by atoms with van der Waals surface area (Å²) in [6.07, 6.45) is -0.610. The number of hydrogen-bond donors (Lipinski definition) is 0. The van der Waals surface area contributed by atoms with E-state index in [4.69, 9.17) is 14.2 Å². The van der Waals surface area contributed by atoms with Gasteiger partial charge in [-0.1, -0.05) is 12.1 Å². The summed E-state index contributed by atoms with van der Waals surface area (Å²) in [5, 5.41) is 11.3. The highest BCUT2D eigenvalue weighted by Crippen LogP contribution is 2.19. The minimum Gasteiger partial charge on any atom is -0.497 e. The summed E-state index contributed by atoms with van der Waals surface area (Å²) < 4.78 is 14.5. The van der Waals surface area contributed by atoms with Crippen LogP contribution >= 0.6 is 0 Å². The average Bonchev–Trinajstić information content (AvgIpc) is 2.50. The molecule has 0 spiro atoms. The van der Waals surface area contributed by atoms with Gasteiger partial charge in [0.15, 0.2) is 0 Å². The normalized spacial score (nSPS) is 12.2. The molecule has 0 bridgehead atoms. The van der Waals surface area contributed by atoms with Gasteiger partial charge < -0.3 is 14.2 Å². The van der Waals surface area contributed by atoms with Crippen molar-refractivity contribution in [2.75, 3.05) is 13.7 Å². The lowest BCUT2D eigenvalue weighted by Crippen LogP contribution is -2.33. The second-order valence-corrected chi connectivity index (χ2v) is 4.34. The van der Waals surface area contributed by atoms with E-state index in [0.29, 0.717) is 11.3 Å². The third kappa shape index (κ3) is 5.42. The Kier molecular flexibility index (Phi) is 6.72. The molecule has 1 atom stereocenters. The van der Waals surface area contributed by atoms with Crippen molar-refractivity contribution in [3.05, 3.63) is 45.6 Å². The Morgan fingerprint density at radius 3 is 2.61 bits per heavy atom. The van der Waals surface area contributed by atoms with E-state index in [1.807, 2.05) is 0 Å². The summed E-state index contributed by atoms with van der Waals surface area (Å²) in [6.45, 7) is 2.59. The molecule has 1 rings (SSSR count). The third-order valence-corrected chi connectivity index (χ3v) is 2.67. The molecule has 0 aliphatic heterocycles. The van der Waals surface area contributed by atoms with Gasteiger partial charge in [0.1, 0.15) is 5.75 Å². The van der Waals surface area contributed by atoms with Gasteiger partial charge in [-0.15, -0.1) is 0 Å². The van der Waals surface area contributed by atoms with Crippen molar-refractivity contribution in [2.45, 2.75) is 20.0 Å². The van der Waals surface area contributed by atoms with Gasteiger partial charge in [-0.2, -0.15) is 0 Å². The number of nitrogens with zero attached hydrogens (tertiary/aromatic N) is 1. The minimum atomic E-state index is -1.74. The van der Waals surface area contributed by atoms with Crippen LogP contribution in [0.2, 0.25) is 0 Å². The van der Waals surface area contributed by atoms with Crippen molar-refractivity contribution in [1.82, 2.24) is 0 Å². The summed E-state index contributed by atoms with van der Waals surface area (Å²) in [7, 11) is 1.46. The van der Waals surface area contributed by atoms with E-state index in [2.05, 4.69) is 0 Å². The first-order valence-electron chi connectivity index (χ1n) is 6.73. The number of hydrogen-bond acceptors (Lipinski definition) is 7. The first-order chi connectivity index (χ1) is 10.9. The molecular formula is C15H17NO7. The summed E-state index contributed by atoms with van der Waals surface area (Å²) in [5.41, 5.74) is -0.190. The highest BCUT2D eigenvalue weighted by atomic mass is 16.6. The van der Waals surface area contributed by atoms with Crippen molar-refractivity contribution >= 4 is 18.0 Å². The lowest BCUT2D eigenvalue weighted by atomic mass is 10.1. The van der Waals surface area contributed by atoms with E-state index in [0.717, 1.165) is 13.0 Å². The highest BCUT2D eigenvalue weighted by Gasteiger charge is 2.36. The Labute approximate surface area is 132 Å². The second-order valence-electron chi connectivity index (χ2n) is 4.34. The molecule has 0 saturated carbocycles. The lowest BCUT2D eigenvalue weighted by molar-refractivity contribution is -0.432. The molecule has 0 aliphatic carbocycles. The van der Waals surface area contributed by atoms with Crippen LogP contribution in [-0.4, -0.2) is 36.7 Å². The van der Waals surface area contributed by atoms with E-state index in [9.17, 15) is 19.7 Å². The van der Waals surface area contributed by atoms with Gasteiger partial charge in [0.25, 0.3) is 11.8 Å². The van der Waals surface area contributed by atoms with Crippen LogP contribution < -0.4 is 4.74 Å². The molecule has 0 aliphatic rings. The smallest absolute Gasteiger partial charge is 0.358 e. The number of nitro groups is 1. The number of carbonyl (C=O) groups is 2. The number of benzene rings is 1. The van der Waals surface area contributed by atoms with Crippen LogP contribution in [0.1, 0.15) is 19.4 Å². The number of carbonyl (C=O) groups excluding carboxylic acids is 2. The molecule has 0 amide bonds. The predicted molar refractivity (Wildman–Crippen MR) is 80.2 cm³/mol. The van der Waals surface area contributed by atoms with E-state index >= 15 is 0 Å². The molecule has 1 aromatic carbocycles. The molecule has 0 heterocycles. The Morgan fingerprint density at radius 1 is 1.39 bits per heavy atom. The number of rotatable bonds is 7. The van der Waals surface area contributed by atoms with Gasteiger partial charge in [0, 0.05) is 13.0 Å². The molecule has 0 aromatic heterocycles. The second kappa shape index (κ2) is 8.52. The fraction of sp³-hybridized carbons (Fsp3) is 0.333. The van der Waals surface area contributed by atoms with Crippen molar-refractivity contribution in [1.29, 1.82) is 0 Å². The van der Waals surface area contributed by atoms with Gasteiger partial charge in [0.2, 0.25) is 0 Å². The Balaban J connectivity index is 3.27. The first-order valence-corrected chi connectivity index (χ1v) is 6.73. The van der Waals surface area contributed by atoms with Crippen molar-refractivity contribution in [3.8, 4) is 5.75 Å². The molecule has 8 nitrogen and oxygen atoms in total. The van der Waals surface area contributed by atoms with Crippen LogP contribution in [0.3, 0.4) is 0 Å². The molecule has 0 fully saturated rings. The van der Waals surface area contributed by atoms with Crippen molar-refractivity contribution in [2.24, 2.45) is 0 Å². The summed E-state index contributed by atoms with van der Waals surface area (Å²) in [6, 6.07) is 6.42. The van der Waals surface area contributed by atoms with Gasteiger partial charge in [-0.05, 0) is 24.6 Å².